The molecule has 136 valence electrons. The number of aliphatic hydroxyl groups excluding tert-OH is 1. The van der Waals surface area contributed by atoms with E-state index in [-0.39, 0.29) is 24.2 Å². The summed E-state index contributed by atoms with van der Waals surface area (Å²) in [6.45, 7) is -0.276. The zero-order valence-corrected chi connectivity index (χ0v) is 14.1. The summed E-state index contributed by atoms with van der Waals surface area (Å²) >= 11 is 0. The van der Waals surface area contributed by atoms with Crippen LogP contribution in [-0.4, -0.2) is 19.3 Å². The third kappa shape index (κ3) is 3.02. The van der Waals surface area contributed by atoms with Gasteiger partial charge in [-0.2, -0.15) is 5.10 Å². The molecule has 1 N–H and O–H groups in total. The number of hydrogen-bond donors (Lipinski definition) is 1. The van der Waals surface area contributed by atoms with Crippen LogP contribution in [0.25, 0.3) is 16.8 Å². The molecule has 0 aliphatic rings. The second kappa shape index (κ2) is 6.77. The summed E-state index contributed by atoms with van der Waals surface area (Å²) < 4.78 is 29.3. The molecule has 4 rings (SSSR count). The number of aromatic nitrogens is 3. The highest BCUT2D eigenvalue weighted by Gasteiger charge is 2.17. The monoisotopic (exact) mass is 367 g/mol. The summed E-state index contributed by atoms with van der Waals surface area (Å²) in [6.07, 6.45) is 3.13. The van der Waals surface area contributed by atoms with Gasteiger partial charge in [-0.05, 0) is 17.7 Å². The molecule has 0 aliphatic heterocycles. The fourth-order valence-electron chi connectivity index (χ4n) is 3.09. The van der Waals surface area contributed by atoms with Crippen molar-refractivity contribution < 1.29 is 13.9 Å². The first kappa shape index (κ1) is 17.1. The molecule has 2 heterocycles. The summed E-state index contributed by atoms with van der Waals surface area (Å²) in [5.41, 5.74) is 2.07. The van der Waals surface area contributed by atoms with Crippen molar-refractivity contribution in [1.29, 1.82) is 0 Å². The Balaban J connectivity index is 1.84. The lowest BCUT2D eigenvalue weighted by atomic mass is 10.1. The summed E-state index contributed by atoms with van der Waals surface area (Å²) in [4.78, 5) is 12.9. The van der Waals surface area contributed by atoms with Crippen molar-refractivity contribution in [2.24, 2.45) is 0 Å². The van der Waals surface area contributed by atoms with Gasteiger partial charge in [-0.3, -0.25) is 4.79 Å². The molecular weight excluding hydrogens is 352 g/mol. The van der Waals surface area contributed by atoms with Gasteiger partial charge < -0.3 is 9.67 Å². The van der Waals surface area contributed by atoms with Crippen molar-refractivity contribution in [3.8, 4) is 11.3 Å². The Labute approximate surface area is 152 Å². The molecule has 0 amide bonds. The standard InChI is InChI=1S/C20H15F2N3O2/c21-16-7-6-13(10-17(16)22)11-24-8-9-25-19(20(24)27)15(12-26)18(23-25)14-4-2-1-3-5-14/h1-10,26H,11-12H2. The molecule has 0 spiro atoms. The summed E-state index contributed by atoms with van der Waals surface area (Å²) in [5.74, 6) is -1.90. The molecule has 4 aromatic rings. The lowest BCUT2D eigenvalue weighted by Crippen LogP contribution is -2.22. The second-order valence-corrected chi connectivity index (χ2v) is 6.12. The molecular formula is C20H15F2N3O2. The summed E-state index contributed by atoms with van der Waals surface area (Å²) in [5, 5.41) is 14.3. The van der Waals surface area contributed by atoms with E-state index in [1.165, 1.54) is 21.3 Å². The van der Waals surface area contributed by atoms with Crippen LogP contribution in [0.3, 0.4) is 0 Å². The molecule has 27 heavy (non-hydrogen) atoms. The van der Waals surface area contributed by atoms with E-state index in [2.05, 4.69) is 5.10 Å². The first-order valence-electron chi connectivity index (χ1n) is 8.29. The van der Waals surface area contributed by atoms with Crippen molar-refractivity contribution >= 4 is 5.52 Å². The minimum absolute atomic E-state index is 0.0727. The van der Waals surface area contributed by atoms with Crippen molar-refractivity contribution in [3.63, 3.8) is 0 Å². The third-order valence-corrected chi connectivity index (χ3v) is 4.40. The summed E-state index contributed by atoms with van der Waals surface area (Å²) in [6, 6.07) is 12.8. The van der Waals surface area contributed by atoms with Gasteiger partial charge in [0.2, 0.25) is 0 Å². The Hall–Kier alpha value is -3.32. The highest BCUT2D eigenvalue weighted by molar-refractivity contribution is 5.72. The molecule has 7 heteroatoms. The van der Waals surface area contributed by atoms with Gasteiger partial charge in [0, 0.05) is 23.5 Å². The number of benzene rings is 2. The fourth-order valence-corrected chi connectivity index (χ4v) is 3.09. The molecule has 2 aromatic heterocycles. The molecule has 5 nitrogen and oxygen atoms in total. The van der Waals surface area contributed by atoms with Crippen molar-refractivity contribution in [2.75, 3.05) is 0 Å². The second-order valence-electron chi connectivity index (χ2n) is 6.12. The van der Waals surface area contributed by atoms with Crippen molar-refractivity contribution in [1.82, 2.24) is 14.2 Å². The Morgan fingerprint density at radius 3 is 2.48 bits per heavy atom. The lowest BCUT2D eigenvalue weighted by molar-refractivity contribution is 0.283. The Kier molecular flexibility index (Phi) is 4.29. The predicted molar refractivity (Wildman–Crippen MR) is 96.3 cm³/mol. The Morgan fingerprint density at radius 2 is 1.78 bits per heavy atom. The van der Waals surface area contributed by atoms with E-state index in [1.54, 1.807) is 6.20 Å². The average Bonchev–Trinajstić information content (AvgIpc) is 3.07. The molecule has 0 radical (unpaired) electrons. The number of rotatable bonds is 4. The predicted octanol–water partition coefficient (Wildman–Crippen LogP) is 2.98. The van der Waals surface area contributed by atoms with E-state index in [0.29, 0.717) is 16.8 Å². The van der Waals surface area contributed by atoms with Crippen LogP contribution < -0.4 is 5.56 Å². The van der Waals surface area contributed by atoms with Crippen molar-refractivity contribution in [3.05, 3.63) is 94.0 Å². The minimum atomic E-state index is -0.964. The van der Waals surface area contributed by atoms with Crippen LogP contribution >= 0.6 is 0 Å². The topological polar surface area (TPSA) is 59.5 Å². The Morgan fingerprint density at radius 1 is 1.00 bits per heavy atom. The van der Waals surface area contributed by atoms with E-state index in [9.17, 15) is 18.7 Å². The van der Waals surface area contributed by atoms with Gasteiger partial charge in [0.15, 0.2) is 11.6 Å². The fraction of sp³-hybridized carbons (Fsp3) is 0.100. The van der Waals surface area contributed by atoms with Crippen LogP contribution in [-0.2, 0) is 13.2 Å². The molecule has 0 aliphatic carbocycles. The number of nitrogens with zero attached hydrogens (tertiary/aromatic N) is 3. The van der Waals surface area contributed by atoms with Gasteiger partial charge in [-0.1, -0.05) is 36.4 Å². The Bertz CT molecular complexity index is 1180. The lowest BCUT2D eigenvalue weighted by Gasteiger charge is -2.07. The maximum Gasteiger partial charge on any atom is 0.277 e. The maximum absolute atomic E-state index is 13.4. The smallest absolute Gasteiger partial charge is 0.277 e. The van der Waals surface area contributed by atoms with E-state index in [4.69, 9.17) is 0 Å². The van der Waals surface area contributed by atoms with Crippen LogP contribution in [0, 0.1) is 11.6 Å². The first-order chi connectivity index (χ1) is 13.1. The highest BCUT2D eigenvalue weighted by Crippen LogP contribution is 2.24. The van der Waals surface area contributed by atoms with Gasteiger partial charge in [0.05, 0.1) is 18.8 Å². The van der Waals surface area contributed by atoms with Crippen LogP contribution in [0.4, 0.5) is 8.78 Å². The van der Waals surface area contributed by atoms with E-state index < -0.39 is 11.6 Å². The zero-order valence-electron chi connectivity index (χ0n) is 14.1. The number of aliphatic hydroxyl groups is 1. The van der Waals surface area contributed by atoms with Crippen LogP contribution in [0.5, 0.6) is 0 Å². The molecule has 0 fully saturated rings. The average molecular weight is 367 g/mol. The third-order valence-electron chi connectivity index (χ3n) is 4.40. The number of halogens is 2. The van der Waals surface area contributed by atoms with Crippen molar-refractivity contribution in [2.45, 2.75) is 13.2 Å². The molecule has 0 unspecified atom stereocenters. The van der Waals surface area contributed by atoms with E-state index >= 15 is 0 Å². The molecule has 0 bridgehead atoms. The van der Waals surface area contributed by atoms with Gasteiger partial charge in [0.1, 0.15) is 5.52 Å². The highest BCUT2D eigenvalue weighted by atomic mass is 19.2. The van der Waals surface area contributed by atoms with E-state index in [0.717, 1.165) is 17.7 Å². The van der Waals surface area contributed by atoms with Gasteiger partial charge in [0.25, 0.3) is 5.56 Å². The normalized spacial score (nSPS) is 11.2. The number of hydrogen-bond acceptors (Lipinski definition) is 3. The van der Waals surface area contributed by atoms with Crippen LogP contribution in [0.15, 0.2) is 65.7 Å². The molecule has 2 aromatic carbocycles. The van der Waals surface area contributed by atoms with Gasteiger partial charge in [-0.15, -0.1) is 0 Å². The quantitative estimate of drug-likeness (QED) is 0.603. The van der Waals surface area contributed by atoms with Crippen LogP contribution in [0.2, 0.25) is 0 Å². The molecule has 0 saturated carbocycles. The maximum atomic E-state index is 13.4. The summed E-state index contributed by atoms with van der Waals surface area (Å²) in [7, 11) is 0. The van der Waals surface area contributed by atoms with Gasteiger partial charge in [-0.25, -0.2) is 13.3 Å². The van der Waals surface area contributed by atoms with E-state index in [1.807, 2.05) is 30.3 Å². The SMILES string of the molecule is O=c1c2c(CO)c(-c3ccccc3)nn2ccn1Cc1ccc(F)c(F)c1. The van der Waals surface area contributed by atoms with Crippen LogP contribution in [0.1, 0.15) is 11.1 Å². The largest absolute Gasteiger partial charge is 0.392 e. The minimum Gasteiger partial charge on any atom is -0.392 e. The van der Waals surface area contributed by atoms with Gasteiger partial charge >= 0.3 is 0 Å². The molecule has 0 atom stereocenters. The zero-order chi connectivity index (χ0) is 19.0. The number of fused-ring (bicyclic) bond motifs is 1. The molecule has 0 saturated heterocycles. The first-order valence-corrected chi connectivity index (χ1v) is 8.29.